The van der Waals surface area contributed by atoms with Gasteiger partial charge in [0.1, 0.15) is 5.75 Å². The van der Waals surface area contributed by atoms with Crippen LogP contribution in [0.4, 0.5) is 0 Å². The van der Waals surface area contributed by atoms with Gasteiger partial charge in [-0.2, -0.15) is 0 Å². The second-order valence-corrected chi connectivity index (χ2v) is 6.22. The monoisotopic (exact) mass is 355 g/mol. The number of carbonyl (C=O) groups is 1. The van der Waals surface area contributed by atoms with Crippen molar-refractivity contribution in [1.82, 2.24) is 14.9 Å². The van der Waals surface area contributed by atoms with E-state index in [1.807, 2.05) is 35.7 Å². The molecule has 0 aliphatic rings. The molecule has 0 bridgehead atoms. The van der Waals surface area contributed by atoms with E-state index in [4.69, 9.17) is 4.74 Å². The average molecular weight is 355 g/mol. The zero-order valence-electron chi connectivity index (χ0n) is 13.6. The molecule has 128 valence electrons. The van der Waals surface area contributed by atoms with E-state index in [1.165, 1.54) is 28.3 Å². The van der Waals surface area contributed by atoms with Crippen molar-refractivity contribution in [3.63, 3.8) is 0 Å². The Morgan fingerprint density at radius 2 is 2.08 bits per heavy atom. The molecule has 3 rings (SSSR count). The van der Waals surface area contributed by atoms with Crippen LogP contribution in [0.3, 0.4) is 0 Å². The summed E-state index contributed by atoms with van der Waals surface area (Å²) in [6.07, 6.45) is 1.50. The van der Waals surface area contributed by atoms with E-state index in [0.29, 0.717) is 23.7 Å². The number of amides is 1. The third kappa shape index (κ3) is 4.13. The molecule has 0 saturated heterocycles. The van der Waals surface area contributed by atoms with Gasteiger partial charge in [0.2, 0.25) is 0 Å². The van der Waals surface area contributed by atoms with Crippen LogP contribution >= 0.6 is 11.3 Å². The summed E-state index contributed by atoms with van der Waals surface area (Å²) in [6.45, 7) is 0.728. The van der Waals surface area contributed by atoms with E-state index in [9.17, 15) is 9.59 Å². The van der Waals surface area contributed by atoms with Gasteiger partial charge in [-0.1, -0.05) is 6.07 Å². The van der Waals surface area contributed by atoms with Gasteiger partial charge in [0, 0.05) is 24.7 Å². The van der Waals surface area contributed by atoms with Crippen molar-refractivity contribution >= 4 is 17.2 Å². The van der Waals surface area contributed by atoms with Gasteiger partial charge < -0.3 is 10.1 Å². The van der Waals surface area contributed by atoms with Crippen molar-refractivity contribution in [2.75, 3.05) is 13.7 Å². The van der Waals surface area contributed by atoms with E-state index in [1.54, 1.807) is 13.2 Å². The molecule has 0 spiro atoms. The Bertz CT molecular complexity index is 902. The maximum Gasteiger partial charge on any atom is 0.261 e. The summed E-state index contributed by atoms with van der Waals surface area (Å²) >= 11 is 1.38. The number of benzene rings is 1. The molecule has 0 fully saturated rings. The number of hydrogen-bond donors (Lipinski definition) is 1. The first-order valence-electron chi connectivity index (χ1n) is 7.70. The molecule has 0 atom stereocenters. The van der Waals surface area contributed by atoms with Crippen LogP contribution in [0.1, 0.15) is 9.67 Å². The number of methoxy groups -OCH3 is 1. The Kier molecular flexibility index (Phi) is 5.25. The normalized spacial score (nSPS) is 10.4. The zero-order valence-corrected chi connectivity index (χ0v) is 14.5. The van der Waals surface area contributed by atoms with Gasteiger partial charge in [-0.3, -0.25) is 14.2 Å². The fraction of sp³-hybridized carbons (Fsp3) is 0.167. The molecule has 0 saturated carbocycles. The smallest absolute Gasteiger partial charge is 0.261 e. The van der Waals surface area contributed by atoms with Crippen LogP contribution in [0.2, 0.25) is 0 Å². The summed E-state index contributed by atoms with van der Waals surface area (Å²) < 4.78 is 6.59. The maximum atomic E-state index is 12.2. The molecular formula is C18H17N3O3S. The van der Waals surface area contributed by atoms with Crippen LogP contribution in [0.5, 0.6) is 5.75 Å². The lowest BCUT2D eigenvalue weighted by Gasteiger charge is -2.08. The van der Waals surface area contributed by atoms with Gasteiger partial charge in [0.15, 0.2) is 0 Å². The molecule has 6 nitrogen and oxygen atoms in total. The predicted octanol–water partition coefficient (Wildman–Crippen LogP) is 2.41. The number of thiophene rings is 1. The third-order valence-electron chi connectivity index (χ3n) is 3.65. The maximum absolute atomic E-state index is 12.2. The van der Waals surface area contributed by atoms with Crippen LogP contribution in [-0.4, -0.2) is 29.1 Å². The van der Waals surface area contributed by atoms with Crippen molar-refractivity contribution in [3.05, 3.63) is 69.4 Å². The van der Waals surface area contributed by atoms with Crippen LogP contribution < -0.4 is 15.6 Å². The lowest BCUT2D eigenvalue weighted by Crippen LogP contribution is -2.30. The summed E-state index contributed by atoms with van der Waals surface area (Å²) in [5.41, 5.74) is 1.29. The Balaban J connectivity index is 1.63. The summed E-state index contributed by atoms with van der Waals surface area (Å²) in [7, 11) is 1.60. The van der Waals surface area contributed by atoms with Crippen molar-refractivity contribution in [3.8, 4) is 17.0 Å². The number of ether oxygens (including phenoxy) is 1. The lowest BCUT2D eigenvalue weighted by molar-refractivity contribution is 0.0956. The SMILES string of the molecule is COc1ccc(-c2cc(=O)n(CCNC(=O)c3cccs3)cn2)cc1. The highest BCUT2D eigenvalue weighted by atomic mass is 32.1. The van der Waals surface area contributed by atoms with Gasteiger partial charge in [-0.15, -0.1) is 11.3 Å². The van der Waals surface area contributed by atoms with Gasteiger partial charge in [0.25, 0.3) is 11.5 Å². The van der Waals surface area contributed by atoms with Gasteiger partial charge in [-0.05, 0) is 35.7 Å². The number of aromatic nitrogens is 2. The molecule has 25 heavy (non-hydrogen) atoms. The third-order valence-corrected chi connectivity index (χ3v) is 4.52. The highest BCUT2D eigenvalue weighted by Gasteiger charge is 2.07. The molecule has 1 amide bonds. The number of nitrogens with one attached hydrogen (secondary N) is 1. The fourth-order valence-electron chi connectivity index (χ4n) is 2.30. The molecule has 2 aromatic heterocycles. The quantitative estimate of drug-likeness (QED) is 0.737. The number of hydrogen-bond acceptors (Lipinski definition) is 5. The number of nitrogens with zero attached hydrogens (tertiary/aromatic N) is 2. The van der Waals surface area contributed by atoms with Crippen molar-refractivity contribution in [2.45, 2.75) is 6.54 Å². The van der Waals surface area contributed by atoms with E-state index in [-0.39, 0.29) is 11.5 Å². The minimum atomic E-state index is -0.161. The largest absolute Gasteiger partial charge is 0.497 e. The molecule has 0 radical (unpaired) electrons. The standard InChI is InChI=1S/C18H17N3O3S/c1-24-14-6-4-13(5-7-14)15-11-17(22)21(12-20-15)9-8-19-18(23)16-3-2-10-25-16/h2-7,10-12H,8-9H2,1H3,(H,19,23). The van der Waals surface area contributed by atoms with E-state index in [0.717, 1.165) is 11.3 Å². The Morgan fingerprint density at radius 3 is 2.72 bits per heavy atom. The lowest BCUT2D eigenvalue weighted by atomic mass is 10.1. The van der Waals surface area contributed by atoms with Crippen molar-refractivity contribution < 1.29 is 9.53 Å². The van der Waals surface area contributed by atoms with E-state index in [2.05, 4.69) is 10.3 Å². The minimum absolute atomic E-state index is 0.133. The molecule has 0 unspecified atom stereocenters. The number of rotatable bonds is 6. The predicted molar refractivity (Wildman–Crippen MR) is 97.1 cm³/mol. The summed E-state index contributed by atoms with van der Waals surface area (Å²) in [6, 6.07) is 12.4. The first kappa shape index (κ1) is 16.9. The summed E-state index contributed by atoms with van der Waals surface area (Å²) in [5, 5.41) is 4.64. The van der Waals surface area contributed by atoms with Gasteiger partial charge >= 0.3 is 0 Å². The molecule has 1 N–H and O–H groups in total. The van der Waals surface area contributed by atoms with E-state index >= 15 is 0 Å². The second-order valence-electron chi connectivity index (χ2n) is 5.27. The molecule has 3 aromatic rings. The van der Waals surface area contributed by atoms with Crippen molar-refractivity contribution in [2.24, 2.45) is 0 Å². The molecule has 0 aliphatic heterocycles. The topological polar surface area (TPSA) is 73.2 Å². The second kappa shape index (κ2) is 7.76. The summed E-state index contributed by atoms with van der Waals surface area (Å²) in [4.78, 5) is 29.1. The fourth-order valence-corrected chi connectivity index (χ4v) is 2.94. The van der Waals surface area contributed by atoms with Crippen LogP contribution in [-0.2, 0) is 6.54 Å². The first-order chi connectivity index (χ1) is 12.2. The van der Waals surface area contributed by atoms with Crippen LogP contribution in [0.25, 0.3) is 11.3 Å². The van der Waals surface area contributed by atoms with Gasteiger partial charge in [-0.25, -0.2) is 4.98 Å². The molecule has 7 heteroatoms. The minimum Gasteiger partial charge on any atom is -0.497 e. The Hall–Kier alpha value is -2.93. The average Bonchev–Trinajstić information content (AvgIpc) is 3.18. The van der Waals surface area contributed by atoms with Crippen LogP contribution in [0, 0.1) is 0 Å². The summed E-state index contributed by atoms with van der Waals surface area (Å²) in [5.74, 6) is 0.615. The number of carbonyl (C=O) groups excluding carboxylic acids is 1. The Labute approximate surface area is 148 Å². The molecule has 0 aliphatic carbocycles. The van der Waals surface area contributed by atoms with Gasteiger partial charge in [0.05, 0.1) is 24.0 Å². The zero-order chi connectivity index (χ0) is 17.6. The van der Waals surface area contributed by atoms with Crippen LogP contribution in [0.15, 0.2) is 59.0 Å². The van der Waals surface area contributed by atoms with Crippen molar-refractivity contribution in [1.29, 1.82) is 0 Å². The Morgan fingerprint density at radius 1 is 1.28 bits per heavy atom. The first-order valence-corrected chi connectivity index (χ1v) is 8.58. The molecule has 2 heterocycles. The molecular weight excluding hydrogens is 338 g/mol. The van der Waals surface area contributed by atoms with E-state index < -0.39 is 0 Å². The highest BCUT2D eigenvalue weighted by molar-refractivity contribution is 7.12. The molecule has 1 aromatic carbocycles. The highest BCUT2D eigenvalue weighted by Crippen LogP contribution is 2.19.